The molecule has 214 valence electrons. The summed E-state index contributed by atoms with van der Waals surface area (Å²) in [5, 5.41) is 4.51. The zero-order chi connectivity index (χ0) is 30.1. The van der Waals surface area contributed by atoms with Gasteiger partial charge in [-0.25, -0.2) is 0 Å². The summed E-state index contributed by atoms with van der Waals surface area (Å²) in [5.41, 5.74) is 12.6. The Bertz CT molecular complexity index is 2410. The van der Waals surface area contributed by atoms with Crippen LogP contribution in [0.4, 0.5) is 0 Å². The second-order valence-corrected chi connectivity index (χ2v) is 13.0. The van der Waals surface area contributed by atoms with E-state index in [0.29, 0.717) is 0 Å². The Morgan fingerprint density at radius 2 is 0.756 bits per heavy atom. The molecule has 0 saturated carbocycles. The van der Waals surface area contributed by atoms with E-state index in [0.717, 1.165) is 86.7 Å². The molecule has 6 aromatic carbocycles. The number of aromatic nitrogens is 2. The number of hydrogen-bond donors (Lipinski definition) is 2. The fraction of sp³-hybridized carbons (Fsp3) is 0. The zero-order valence-electron chi connectivity index (χ0n) is 23.9. The third-order valence-corrected chi connectivity index (χ3v) is 10.1. The summed E-state index contributed by atoms with van der Waals surface area (Å²) in [4.78, 5) is 7.50. The highest BCUT2D eigenvalue weighted by molar-refractivity contribution is 9.11. The van der Waals surface area contributed by atoms with Crippen LogP contribution < -0.4 is 0 Å². The molecule has 0 saturated heterocycles. The van der Waals surface area contributed by atoms with E-state index < -0.39 is 0 Å². The summed E-state index contributed by atoms with van der Waals surface area (Å²) >= 11 is 7.65. The van der Waals surface area contributed by atoms with Crippen molar-refractivity contribution in [1.82, 2.24) is 9.97 Å². The van der Waals surface area contributed by atoms with Gasteiger partial charge in [-0.3, -0.25) is 0 Å². The van der Waals surface area contributed by atoms with E-state index in [1.807, 2.05) is 0 Å². The van der Waals surface area contributed by atoms with Crippen molar-refractivity contribution in [2.45, 2.75) is 0 Å². The molecule has 9 aromatic rings. The predicted molar refractivity (Wildman–Crippen MR) is 195 cm³/mol. The number of benzene rings is 6. The number of nitrogens with one attached hydrogen (secondary N) is 2. The van der Waals surface area contributed by atoms with E-state index in [2.05, 4.69) is 175 Å². The molecule has 0 aliphatic heterocycles. The largest absolute Gasteiger partial charge is 0.455 e. The summed E-state index contributed by atoms with van der Waals surface area (Å²) in [7, 11) is 0. The van der Waals surface area contributed by atoms with Gasteiger partial charge in [0.05, 0.1) is 11.4 Å². The third kappa shape index (κ3) is 4.08. The lowest BCUT2D eigenvalue weighted by Crippen LogP contribution is -1.85. The molecule has 0 radical (unpaired) electrons. The molecule has 0 atom stereocenters. The Morgan fingerprint density at radius 1 is 0.378 bits per heavy atom. The number of hydrogen-bond acceptors (Lipinski definition) is 1. The van der Waals surface area contributed by atoms with Crippen molar-refractivity contribution in [3.05, 3.63) is 142 Å². The van der Waals surface area contributed by atoms with Gasteiger partial charge in [0, 0.05) is 63.8 Å². The van der Waals surface area contributed by atoms with Crippen LogP contribution in [0.3, 0.4) is 0 Å². The van der Waals surface area contributed by atoms with E-state index in [1.54, 1.807) is 0 Å². The second-order valence-electron chi connectivity index (χ2n) is 11.3. The molecule has 2 N–H and O–H groups in total. The lowest BCUT2D eigenvalue weighted by atomic mass is 9.96. The predicted octanol–water partition coefficient (Wildman–Crippen LogP) is 12.7. The number of rotatable bonds is 4. The van der Waals surface area contributed by atoms with Gasteiger partial charge in [0.1, 0.15) is 11.2 Å². The summed E-state index contributed by atoms with van der Waals surface area (Å²) in [6.45, 7) is 0. The smallest absolute Gasteiger partial charge is 0.144 e. The molecule has 45 heavy (non-hydrogen) atoms. The molecule has 9 rings (SSSR count). The molecule has 3 heterocycles. The van der Waals surface area contributed by atoms with Gasteiger partial charge in [0.15, 0.2) is 0 Å². The summed E-state index contributed by atoms with van der Waals surface area (Å²) in [5.74, 6) is 0. The fourth-order valence-corrected chi connectivity index (χ4v) is 7.76. The van der Waals surface area contributed by atoms with Gasteiger partial charge >= 0.3 is 0 Å². The van der Waals surface area contributed by atoms with Crippen molar-refractivity contribution in [2.24, 2.45) is 0 Å². The first-order valence-corrected chi connectivity index (χ1v) is 16.4. The standard InChI is InChI=1S/C40H24Br2N2O/c41-31-19-5-1-11-25(31)35-27-13-3-7-21-33(27)43-37(35)29-17-9-15-23-24-16-10-18-30(40(24)45-39(23)29)38-36(26-12-2-6-20-32(26)42)28-14-4-8-22-34(28)44-38/h1-22,43-44H. The van der Waals surface area contributed by atoms with E-state index in [1.165, 1.54) is 10.8 Å². The first-order chi connectivity index (χ1) is 22.2. The molecule has 3 nitrogen and oxygen atoms in total. The molecular weight excluding hydrogens is 684 g/mol. The zero-order valence-corrected chi connectivity index (χ0v) is 27.0. The van der Waals surface area contributed by atoms with Gasteiger partial charge in [0.25, 0.3) is 0 Å². The van der Waals surface area contributed by atoms with Crippen molar-refractivity contribution in [3.8, 4) is 44.8 Å². The van der Waals surface area contributed by atoms with Gasteiger partial charge in [-0.1, -0.05) is 129 Å². The highest BCUT2D eigenvalue weighted by atomic mass is 79.9. The molecule has 0 aliphatic rings. The molecular formula is C40H24Br2N2O. The van der Waals surface area contributed by atoms with Crippen molar-refractivity contribution in [1.29, 1.82) is 0 Å². The van der Waals surface area contributed by atoms with Crippen LogP contribution in [-0.4, -0.2) is 9.97 Å². The van der Waals surface area contributed by atoms with Crippen molar-refractivity contribution in [2.75, 3.05) is 0 Å². The molecule has 5 heteroatoms. The quantitative estimate of drug-likeness (QED) is 0.188. The molecule has 0 spiro atoms. The number of halogens is 2. The van der Waals surface area contributed by atoms with Gasteiger partial charge < -0.3 is 14.4 Å². The number of aromatic amines is 2. The Morgan fingerprint density at radius 3 is 1.22 bits per heavy atom. The molecule has 0 aliphatic carbocycles. The van der Waals surface area contributed by atoms with E-state index >= 15 is 0 Å². The van der Waals surface area contributed by atoms with Crippen LogP contribution in [0.5, 0.6) is 0 Å². The monoisotopic (exact) mass is 706 g/mol. The maximum atomic E-state index is 6.99. The maximum absolute atomic E-state index is 6.99. The Balaban J connectivity index is 1.34. The first-order valence-electron chi connectivity index (χ1n) is 14.8. The number of para-hydroxylation sites is 4. The van der Waals surface area contributed by atoms with E-state index in [4.69, 9.17) is 4.42 Å². The fourth-order valence-electron chi connectivity index (χ4n) is 6.79. The summed E-state index contributed by atoms with van der Waals surface area (Å²) in [6, 6.07) is 46.7. The molecule has 0 fully saturated rings. The van der Waals surface area contributed by atoms with Gasteiger partial charge in [-0.05, 0) is 47.5 Å². The minimum Gasteiger partial charge on any atom is -0.455 e. The SMILES string of the molecule is Brc1ccccc1-c1c(-c2cccc3c2oc2c(-c4[nH]c5ccccc5c4-c4ccccc4Br)cccc23)[nH]c2ccccc12. The normalized spacial score (nSPS) is 11.8. The summed E-state index contributed by atoms with van der Waals surface area (Å²) in [6.07, 6.45) is 0. The Kier molecular flexibility index (Phi) is 6.12. The van der Waals surface area contributed by atoms with Crippen molar-refractivity contribution in [3.63, 3.8) is 0 Å². The van der Waals surface area contributed by atoms with Crippen LogP contribution in [0, 0.1) is 0 Å². The highest BCUT2D eigenvalue weighted by Crippen LogP contribution is 2.47. The van der Waals surface area contributed by atoms with Crippen LogP contribution >= 0.6 is 31.9 Å². The lowest BCUT2D eigenvalue weighted by molar-refractivity contribution is 0.671. The average molecular weight is 708 g/mol. The molecule has 0 bridgehead atoms. The molecule has 0 amide bonds. The van der Waals surface area contributed by atoms with Crippen LogP contribution in [0.15, 0.2) is 147 Å². The topological polar surface area (TPSA) is 44.7 Å². The van der Waals surface area contributed by atoms with E-state index in [-0.39, 0.29) is 0 Å². The van der Waals surface area contributed by atoms with Crippen LogP contribution in [0.25, 0.3) is 88.5 Å². The number of H-pyrrole nitrogens is 2. The van der Waals surface area contributed by atoms with Crippen molar-refractivity contribution < 1.29 is 4.42 Å². The minimum absolute atomic E-state index is 0.860. The third-order valence-electron chi connectivity index (χ3n) is 8.76. The average Bonchev–Trinajstić information content (AvgIpc) is 3.77. The number of fused-ring (bicyclic) bond motifs is 5. The van der Waals surface area contributed by atoms with Crippen LogP contribution in [0.2, 0.25) is 0 Å². The van der Waals surface area contributed by atoms with E-state index in [9.17, 15) is 0 Å². The second kappa shape index (κ2) is 10.4. The number of furan rings is 1. The summed E-state index contributed by atoms with van der Waals surface area (Å²) < 4.78 is 9.09. The Labute approximate surface area is 275 Å². The minimum atomic E-state index is 0.860. The molecule has 0 unspecified atom stereocenters. The van der Waals surface area contributed by atoms with Crippen molar-refractivity contribution >= 4 is 75.6 Å². The van der Waals surface area contributed by atoms with Gasteiger partial charge in [-0.2, -0.15) is 0 Å². The van der Waals surface area contributed by atoms with Gasteiger partial charge in [0.2, 0.25) is 0 Å². The van der Waals surface area contributed by atoms with Crippen LogP contribution in [-0.2, 0) is 0 Å². The van der Waals surface area contributed by atoms with Crippen LogP contribution in [0.1, 0.15) is 0 Å². The lowest BCUT2D eigenvalue weighted by Gasteiger charge is -2.09. The Hall–Kier alpha value is -4.84. The highest BCUT2D eigenvalue weighted by Gasteiger charge is 2.24. The molecule has 3 aromatic heterocycles. The van der Waals surface area contributed by atoms with Gasteiger partial charge in [-0.15, -0.1) is 0 Å². The maximum Gasteiger partial charge on any atom is 0.144 e. The first kappa shape index (κ1) is 26.6.